The van der Waals surface area contributed by atoms with Crippen molar-refractivity contribution >= 4 is 17.3 Å². The number of amides is 1. The van der Waals surface area contributed by atoms with Crippen molar-refractivity contribution in [2.45, 2.75) is 20.0 Å². The summed E-state index contributed by atoms with van der Waals surface area (Å²) in [7, 11) is 0. The molecule has 0 heterocycles. The molecule has 2 aromatic carbocycles. The highest BCUT2D eigenvalue weighted by molar-refractivity contribution is 5.95. The predicted octanol–water partition coefficient (Wildman–Crippen LogP) is 4.07. The smallest absolute Gasteiger partial charge is 0.378 e. The van der Waals surface area contributed by atoms with Gasteiger partial charge in [0.15, 0.2) is 0 Å². The molecule has 2 N–H and O–H groups in total. The van der Waals surface area contributed by atoms with Gasteiger partial charge in [0, 0.05) is 24.7 Å². The Kier molecular flexibility index (Phi) is 6.04. The number of hydrogen-bond acceptors (Lipinski definition) is 4. The molecule has 2 rings (SSSR count). The third-order valence-corrected chi connectivity index (χ3v) is 4.10. The fourth-order valence-electron chi connectivity index (χ4n) is 2.47. The number of carbonyl (C=O) groups is 1. The van der Waals surface area contributed by atoms with E-state index in [2.05, 4.69) is 10.6 Å². The summed E-state index contributed by atoms with van der Waals surface area (Å²) in [5, 5.41) is 16.4. The van der Waals surface area contributed by atoms with Crippen molar-refractivity contribution < 1.29 is 22.9 Å². The van der Waals surface area contributed by atoms with Crippen LogP contribution in [-0.2, 0) is 6.18 Å². The molecule has 0 saturated carbocycles. The topological polar surface area (TPSA) is 84.3 Å². The van der Waals surface area contributed by atoms with Crippen LogP contribution >= 0.6 is 0 Å². The maximum atomic E-state index is 12.7. The van der Waals surface area contributed by atoms with Crippen LogP contribution in [0.25, 0.3) is 0 Å². The third-order valence-electron chi connectivity index (χ3n) is 4.10. The summed E-state index contributed by atoms with van der Waals surface area (Å²) in [6.45, 7) is 3.97. The number of alkyl halides is 3. The predicted molar refractivity (Wildman–Crippen MR) is 94.8 cm³/mol. The maximum absolute atomic E-state index is 12.7. The Morgan fingerprint density at radius 1 is 1.15 bits per heavy atom. The minimum absolute atomic E-state index is 0.0472. The molecule has 144 valence electrons. The first kappa shape index (κ1) is 20.2. The van der Waals surface area contributed by atoms with E-state index in [1.54, 1.807) is 12.1 Å². The minimum atomic E-state index is -4.66. The van der Waals surface area contributed by atoms with Gasteiger partial charge in [0.05, 0.1) is 10.5 Å². The van der Waals surface area contributed by atoms with Gasteiger partial charge in [-0.2, -0.15) is 13.2 Å². The highest BCUT2D eigenvalue weighted by Crippen LogP contribution is 2.34. The summed E-state index contributed by atoms with van der Waals surface area (Å²) >= 11 is 0. The van der Waals surface area contributed by atoms with Gasteiger partial charge in [0.2, 0.25) is 0 Å². The summed E-state index contributed by atoms with van der Waals surface area (Å²) in [5.41, 5.74) is 0.528. The van der Waals surface area contributed by atoms with Crippen LogP contribution in [0.4, 0.5) is 24.5 Å². The number of nitro benzene ring substituents is 1. The van der Waals surface area contributed by atoms with E-state index < -0.39 is 22.4 Å². The van der Waals surface area contributed by atoms with Crippen molar-refractivity contribution in [1.82, 2.24) is 5.32 Å². The maximum Gasteiger partial charge on any atom is 0.416 e. The van der Waals surface area contributed by atoms with Gasteiger partial charge >= 0.3 is 6.18 Å². The molecule has 0 atom stereocenters. The van der Waals surface area contributed by atoms with E-state index in [0.29, 0.717) is 11.6 Å². The summed E-state index contributed by atoms with van der Waals surface area (Å²) < 4.78 is 38.1. The number of rotatable bonds is 6. The van der Waals surface area contributed by atoms with Crippen LogP contribution < -0.4 is 10.6 Å². The summed E-state index contributed by atoms with van der Waals surface area (Å²) in [4.78, 5) is 22.3. The van der Waals surface area contributed by atoms with E-state index in [1.807, 2.05) is 19.9 Å². The average Bonchev–Trinajstić information content (AvgIpc) is 2.59. The first-order chi connectivity index (χ1) is 12.6. The number of carbonyl (C=O) groups excluding carboxylic acids is 1. The molecule has 0 unspecified atom stereocenters. The van der Waals surface area contributed by atoms with Crippen molar-refractivity contribution in [3.63, 3.8) is 0 Å². The van der Waals surface area contributed by atoms with Crippen molar-refractivity contribution in [1.29, 1.82) is 0 Å². The fourth-order valence-corrected chi connectivity index (χ4v) is 2.47. The molecule has 27 heavy (non-hydrogen) atoms. The molecular formula is C18H18F3N3O3. The molecule has 9 heteroatoms. The quantitative estimate of drug-likeness (QED) is 0.449. The van der Waals surface area contributed by atoms with Gasteiger partial charge in [-0.3, -0.25) is 14.9 Å². The average molecular weight is 381 g/mol. The molecule has 0 saturated heterocycles. The molecule has 0 spiro atoms. The Morgan fingerprint density at radius 3 is 2.48 bits per heavy atom. The first-order valence-electron chi connectivity index (χ1n) is 8.05. The molecule has 2 aromatic rings. The van der Waals surface area contributed by atoms with Crippen LogP contribution in [0.15, 0.2) is 36.4 Å². The number of benzene rings is 2. The summed E-state index contributed by atoms with van der Waals surface area (Å²) in [6.07, 6.45) is -4.66. The molecule has 0 bridgehead atoms. The van der Waals surface area contributed by atoms with E-state index in [-0.39, 0.29) is 24.7 Å². The number of nitrogens with one attached hydrogen (secondary N) is 2. The van der Waals surface area contributed by atoms with Gasteiger partial charge in [0.25, 0.3) is 11.6 Å². The zero-order valence-corrected chi connectivity index (χ0v) is 14.7. The number of nitro groups is 1. The van der Waals surface area contributed by atoms with Crippen LogP contribution in [0, 0.1) is 24.0 Å². The van der Waals surface area contributed by atoms with Gasteiger partial charge in [-0.1, -0.05) is 12.1 Å². The van der Waals surface area contributed by atoms with Gasteiger partial charge in [0.1, 0.15) is 5.69 Å². The third kappa shape index (κ3) is 4.96. The number of nitrogens with zero attached hydrogens (tertiary/aromatic N) is 1. The molecule has 0 radical (unpaired) electrons. The zero-order chi connectivity index (χ0) is 20.2. The van der Waals surface area contributed by atoms with E-state index in [1.165, 1.54) is 0 Å². The SMILES string of the molecule is Cc1cccc(C(=O)NCCNc2ccc(C(F)(F)F)cc2[N+](=O)[O-])c1C. The van der Waals surface area contributed by atoms with Crippen molar-refractivity contribution in [3.8, 4) is 0 Å². The Bertz CT molecular complexity index is 867. The molecule has 0 fully saturated rings. The molecular weight excluding hydrogens is 363 g/mol. The van der Waals surface area contributed by atoms with Crippen LogP contribution in [-0.4, -0.2) is 23.9 Å². The van der Waals surface area contributed by atoms with Crippen molar-refractivity contribution in [2.75, 3.05) is 18.4 Å². The minimum Gasteiger partial charge on any atom is -0.378 e. The Balaban J connectivity index is 2.00. The van der Waals surface area contributed by atoms with E-state index >= 15 is 0 Å². The molecule has 0 aliphatic heterocycles. The summed E-state index contributed by atoms with van der Waals surface area (Å²) in [6, 6.07) is 7.60. The van der Waals surface area contributed by atoms with Crippen LogP contribution in [0.1, 0.15) is 27.0 Å². The highest BCUT2D eigenvalue weighted by atomic mass is 19.4. The van der Waals surface area contributed by atoms with Gasteiger partial charge in [-0.05, 0) is 43.2 Å². The van der Waals surface area contributed by atoms with E-state index in [9.17, 15) is 28.1 Å². The lowest BCUT2D eigenvalue weighted by molar-refractivity contribution is -0.384. The highest BCUT2D eigenvalue weighted by Gasteiger charge is 2.33. The second-order valence-corrected chi connectivity index (χ2v) is 5.92. The van der Waals surface area contributed by atoms with Crippen molar-refractivity contribution in [2.24, 2.45) is 0 Å². The number of aryl methyl sites for hydroxylation is 1. The Hall–Kier alpha value is -3.10. The van der Waals surface area contributed by atoms with Crippen LogP contribution in [0.2, 0.25) is 0 Å². The van der Waals surface area contributed by atoms with E-state index in [4.69, 9.17) is 0 Å². The zero-order valence-electron chi connectivity index (χ0n) is 14.7. The normalized spacial score (nSPS) is 11.1. The summed E-state index contributed by atoms with van der Waals surface area (Å²) in [5.74, 6) is -0.292. The van der Waals surface area contributed by atoms with Crippen LogP contribution in [0.3, 0.4) is 0 Å². The Labute approximate surface area is 153 Å². The lowest BCUT2D eigenvalue weighted by Gasteiger charge is -2.12. The monoisotopic (exact) mass is 381 g/mol. The molecule has 1 amide bonds. The second kappa shape index (κ2) is 8.07. The van der Waals surface area contributed by atoms with Gasteiger partial charge < -0.3 is 10.6 Å². The molecule has 0 aliphatic carbocycles. The molecule has 0 aliphatic rings. The van der Waals surface area contributed by atoms with Crippen LogP contribution in [0.5, 0.6) is 0 Å². The van der Waals surface area contributed by atoms with E-state index in [0.717, 1.165) is 23.3 Å². The molecule has 0 aromatic heterocycles. The largest absolute Gasteiger partial charge is 0.416 e. The number of anilines is 1. The first-order valence-corrected chi connectivity index (χ1v) is 8.05. The van der Waals surface area contributed by atoms with Crippen molar-refractivity contribution in [3.05, 3.63) is 68.8 Å². The standard InChI is InChI=1S/C18H18F3N3O3/c1-11-4-3-5-14(12(11)2)17(25)23-9-8-22-15-7-6-13(18(19,20)21)10-16(15)24(26)27/h3-7,10,22H,8-9H2,1-2H3,(H,23,25). The number of halogens is 3. The lowest BCUT2D eigenvalue weighted by Crippen LogP contribution is -2.29. The molecule has 6 nitrogen and oxygen atoms in total. The fraction of sp³-hybridized carbons (Fsp3) is 0.278. The van der Waals surface area contributed by atoms with Gasteiger partial charge in [-0.15, -0.1) is 0 Å². The number of hydrogen-bond donors (Lipinski definition) is 2. The van der Waals surface area contributed by atoms with Gasteiger partial charge in [-0.25, -0.2) is 0 Å². The Morgan fingerprint density at radius 2 is 1.85 bits per heavy atom. The lowest BCUT2D eigenvalue weighted by atomic mass is 10.0. The second-order valence-electron chi connectivity index (χ2n) is 5.92.